The van der Waals surface area contributed by atoms with Crippen molar-refractivity contribution in [2.75, 3.05) is 6.61 Å². The summed E-state index contributed by atoms with van der Waals surface area (Å²) < 4.78 is 52.0. The molecule has 1 aliphatic heterocycles. The van der Waals surface area contributed by atoms with Crippen molar-refractivity contribution in [3.05, 3.63) is 63.4 Å². The normalized spacial score (nSPS) is 29.4. The van der Waals surface area contributed by atoms with E-state index < -0.39 is 61.4 Å². The summed E-state index contributed by atoms with van der Waals surface area (Å²) in [7, 11) is -4.56. The number of halogens is 1. The van der Waals surface area contributed by atoms with Crippen LogP contribution in [0.25, 0.3) is 0 Å². The Morgan fingerprint density at radius 3 is 2.58 bits per heavy atom. The van der Waals surface area contributed by atoms with Gasteiger partial charge in [-0.2, -0.15) is 5.09 Å². The van der Waals surface area contributed by atoms with Crippen LogP contribution < -0.4 is 20.9 Å². The van der Waals surface area contributed by atoms with E-state index in [1.54, 1.807) is 18.2 Å². The minimum atomic E-state index is -4.56. The van der Waals surface area contributed by atoms with Crippen molar-refractivity contribution in [2.24, 2.45) is 0 Å². The van der Waals surface area contributed by atoms with Gasteiger partial charge in [0, 0.05) is 12.3 Å². The highest BCUT2D eigenvalue weighted by molar-refractivity contribution is 7.52. The first-order valence-electron chi connectivity index (χ1n) is 12.9. The second kappa shape index (κ2) is 11.9. The number of esters is 1. The highest BCUT2D eigenvalue weighted by atomic mass is 31.2. The molecule has 4 rings (SSSR count). The first-order chi connectivity index (χ1) is 18.8. The molecule has 0 amide bonds. The number of H-pyrrole nitrogens is 1. The first-order valence-corrected chi connectivity index (χ1v) is 14.4. The number of carbonyl (C=O) groups is 1. The molecule has 13 nitrogen and oxygen atoms in total. The summed E-state index contributed by atoms with van der Waals surface area (Å²) in [5.41, 5.74) is -4.16. The highest BCUT2D eigenvalue weighted by Gasteiger charge is 2.63. The van der Waals surface area contributed by atoms with Crippen molar-refractivity contribution in [3.8, 4) is 5.75 Å². The molecule has 2 heterocycles. The van der Waals surface area contributed by atoms with E-state index in [9.17, 15) is 29.2 Å². The molecular formula is C25H33FN3O10P. The van der Waals surface area contributed by atoms with E-state index in [1.165, 1.54) is 19.1 Å². The number of hydrogen-bond acceptors (Lipinski definition) is 10. The van der Waals surface area contributed by atoms with Crippen LogP contribution in [-0.4, -0.2) is 62.0 Å². The number of alkyl halides is 1. The lowest BCUT2D eigenvalue weighted by Crippen LogP contribution is -2.50. The molecule has 15 heteroatoms. The number of aromatic amines is 1. The predicted molar refractivity (Wildman–Crippen MR) is 138 cm³/mol. The van der Waals surface area contributed by atoms with Crippen LogP contribution in [0.5, 0.6) is 5.75 Å². The fourth-order valence-electron chi connectivity index (χ4n) is 4.63. The van der Waals surface area contributed by atoms with Crippen LogP contribution in [0.3, 0.4) is 0 Å². The summed E-state index contributed by atoms with van der Waals surface area (Å²) >= 11 is 0. The van der Waals surface area contributed by atoms with E-state index in [2.05, 4.69) is 5.09 Å². The monoisotopic (exact) mass is 585 g/mol. The Kier molecular flexibility index (Phi) is 8.98. The molecule has 0 radical (unpaired) electrons. The van der Waals surface area contributed by atoms with E-state index in [0.717, 1.165) is 38.4 Å². The molecular weight excluding hydrogens is 552 g/mol. The van der Waals surface area contributed by atoms with E-state index in [0.29, 0.717) is 17.4 Å². The van der Waals surface area contributed by atoms with Gasteiger partial charge in [0.2, 0.25) is 0 Å². The summed E-state index contributed by atoms with van der Waals surface area (Å²) in [6.45, 7) is 1.15. The summed E-state index contributed by atoms with van der Waals surface area (Å²) in [6, 6.07) is 7.51. The third-order valence-electron chi connectivity index (χ3n) is 6.81. The zero-order chi connectivity index (χ0) is 29.1. The van der Waals surface area contributed by atoms with Gasteiger partial charge in [-0.15, -0.1) is 0 Å². The number of para-hydroxylation sites is 1. The third-order valence-corrected chi connectivity index (χ3v) is 8.44. The van der Waals surface area contributed by atoms with Crippen LogP contribution in [-0.2, 0) is 23.4 Å². The lowest BCUT2D eigenvalue weighted by atomic mass is 9.95. The maximum atomic E-state index is 16.0. The fourth-order valence-corrected chi connectivity index (χ4v) is 6.13. The Bertz CT molecular complexity index is 1350. The lowest BCUT2D eigenvalue weighted by Gasteiger charge is -2.29. The molecule has 0 bridgehead atoms. The number of nitrogens with zero attached hydrogens (tertiary/aromatic N) is 1. The molecule has 1 aliphatic carbocycles. The standard InChI is InChI=1S/C25H33FN3O10P/c1-16(20(31)37-17-9-5-3-6-10-17)28-40(35,39-18-11-7-4-8-12-18)36-15-25(26)21(32)24(2,34)22(38-25)29-14-13-19(30)27-23(29)33/h4,7-8,11-14,16-17,21-22,32,34H,3,5-6,9-10,15H2,1-2H3,(H,28,35)(H,27,30,33). The van der Waals surface area contributed by atoms with Gasteiger partial charge in [0.1, 0.15) is 36.2 Å². The molecule has 2 fully saturated rings. The zero-order valence-electron chi connectivity index (χ0n) is 22.0. The number of aromatic nitrogens is 2. The second-order valence-corrected chi connectivity index (χ2v) is 11.8. The smallest absolute Gasteiger partial charge is 0.459 e. The number of ether oxygens (including phenoxy) is 2. The molecule has 2 aliphatic rings. The van der Waals surface area contributed by atoms with Crippen molar-refractivity contribution in [2.45, 2.75) is 81.9 Å². The zero-order valence-corrected chi connectivity index (χ0v) is 22.9. The SMILES string of the molecule is CC(NP(=O)(OCC1(F)OC(n2ccc(=O)[nH]c2=O)C(C)(O)C1O)Oc1ccccc1)C(=O)OC1CCCCC1. The van der Waals surface area contributed by atoms with Gasteiger partial charge in [0.05, 0.1) is 0 Å². The first kappa shape index (κ1) is 30.1. The molecule has 1 saturated carbocycles. The molecule has 2 aromatic rings. The maximum Gasteiger partial charge on any atom is 0.459 e. The average Bonchev–Trinajstić information content (AvgIpc) is 3.09. The van der Waals surface area contributed by atoms with Crippen LogP contribution >= 0.6 is 7.75 Å². The van der Waals surface area contributed by atoms with Crippen LogP contribution in [0.4, 0.5) is 4.39 Å². The Morgan fingerprint density at radius 2 is 1.93 bits per heavy atom. The van der Waals surface area contributed by atoms with Crippen LogP contribution in [0.1, 0.15) is 52.2 Å². The Labute approximate surface area is 228 Å². The van der Waals surface area contributed by atoms with E-state index in [-0.39, 0.29) is 11.9 Å². The molecule has 6 atom stereocenters. The van der Waals surface area contributed by atoms with Gasteiger partial charge in [-0.25, -0.2) is 13.8 Å². The maximum absolute atomic E-state index is 16.0. The summed E-state index contributed by atoms with van der Waals surface area (Å²) in [4.78, 5) is 38.3. The second-order valence-electron chi connectivity index (χ2n) is 10.1. The van der Waals surface area contributed by atoms with Gasteiger partial charge in [-0.3, -0.25) is 23.7 Å². The lowest BCUT2D eigenvalue weighted by molar-refractivity contribution is -0.204. The summed E-state index contributed by atoms with van der Waals surface area (Å²) in [5.74, 6) is -3.84. The van der Waals surface area contributed by atoms with Gasteiger partial charge in [-0.05, 0) is 51.7 Å². The number of carbonyl (C=O) groups excluding carboxylic acids is 1. The van der Waals surface area contributed by atoms with Gasteiger partial charge in [-0.1, -0.05) is 24.6 Å². The van der Waals surface area contributed by atoms with Gasteiger partial charge in [0.15, 0.2) is 6.23 Å². The molecule has 0 spiro atoms. The predicted octanol–water partition coefficient (Wildman–Crippen LogP) is 1.90. The number of benzene rings is 1. The topological polar surface area (TPSA) is 178 Å². The number of aliphatic hydroxyl groups is 2. The highest BCUT2D eigenvalue weighted by Crippen LogP contribution is 2.50. The van der Waals surface area contributed by atoms with E-state index in [4.69, 9.17) is 18.5 Å². The van der Waals surface area contributed by atoms with Crippen molar-refractivity contribution in [1.29, 1.82) is 0 Å². The van der Waals surface area contributed by atoms with Gasteiger partial charge < -0.3 is 24.2 Å². The largest absolute Gasteiger partial charge is 0.461 e. The van der Waals surface area contributed by atoms with Crippen LogP contribution in [0.15, 0.2) is 52.2 Å². The molecule has 1 aromatic carbocycles. The number of aliphatic hydroxyl groups excluding tert-OH is 1. The van der Waals surface area contributed by atoms with E-state index in [1.807, 2.05) is 4.98 Å². The van der Waals surface area contributed by atoms with Crippen LogP contribution in [0.2, 0.25) is 0 Å². The Balaban J connectivity index is 1.53. The van der Waals surface area contributed by atoms with Crippen molar-refractivity contribution in [1.82, 2.24) is 14.6 Å². The van der Waals surface area contributed by atoms with Crippen molar-refractivity contribution < 1.29 is 42.5 Å². The molecule has 6 unspecified atom stereocenters. The Morgan fingerprint density at radius 1 is 1.25 bits per heavy atom. The molecule has 40 heavy (non-hydrogen) atoms. The van der Waals surface area contributed by atoms with Gasteiger partial charge >= 0.3 is 19.4 Å². The van der Waals surface area contributed by atoms with Gasteiger partial charge in [0.25, 0.3) is 11.4 Å². The molecule has 220 valence electrons. The average molecular weight is 586 g/mol. The minimum absolute atomic E-state index is 0.0663. The molecule has 1 aromatic heterocycles. The minimum Gasteiger partial charge on any atom is -0.461 e. The summed E-state index contributed by atoms with van der Waals surface area (Å²) in [6.07, 6.45) is 0.925. The number of nitrogens with one attached hydrogen (secondary N) is 2. The quantitative estimate of drug-likeness (QED) is 0.236. The van der Waals surface area contributed by atoms with Crippen molar-refractivity contribution in [3.63, 3.8) is 0 Å². The number of hydrogen-bond donors (Lipinski definition) is 4. The summed E-state index contributed by atoms with van der Waals surface area (Å²) in [5, 5.41) is 23.9. The molecule has 4 N–H and O–H groups in total. The third kappa shape index (κ3) is 6.70. The Hall–Kier alpha value is -2.87. The fraction of sp³-hybridized carbons (Fsp3) is 0.560. The molecule has 1 saturated heterocycles. The van der Waals surface area contributed by atoms with Crippen molar-refractivity contribution >= 4 is 13.7 Å². The number of rotatable bonds is 10. The van der Waals surface area contributed by atoms with Crippen LogP contribution in [0, 0.1) is 0 Å². The van der Waals surface area contributed by atoms with E-state index >= 15 is 4.39 Å².